The summed E-state index contributed by atoms with van der Waals surface area (Å²) in [6.07, 6.45) is 0.885. The van der Waals surface area contributed by atoms with Crippen molar-refractivity contribution in [2.45, 2.75) is 26.3 Å². The first-order valence-electron chi connectivity index (χ1n) is 9.34. The first kappa shape index (κ1) is 18.9. The van der Waals surface area contributed by atoms with E-state index in [0.717, 1.165) is 6.42 Å². The fraction of sp³-hybridized carbons (Fsp3) is 0.227. The standard InChI is InChI=1S/C22H20FN3O3/c1-4-12(2)26(3)21-20(19-11-14-9-15(23)6-8-18(14)29-19)24-16-7-5-13(22(27)28)10-17(16)25-21/h5-12H,4H2,1-3H3,(H,27,28)/t12-/m1/s1. The van der Waals surface area contributed by atoms with Crippen molar-refractivity contribution in [2.24, 2.45) is 0 Å². The third-order valence-corrected chi connectivity index (χ3v) is 5.19. The van der Waals surface area contributed by atoms with Crippen LogP contribution in [0.5, 0.6) is 0 Å². The van der Waals surface area contributed by atoms with Crippen LogP contribution in [0, 0.1) is 5.82 Å². The maximum Gasteiger partial charge on any atom is 0.335 e. The van der Waals surface area contributed by atoms with Gasteiger partial charge in [0.2, 0.25) is 0 Å². The van der Waals surface area contributed by atoms with Gasteiger partial charge in [-0.2, -0.15) is 0 Å². The van der Waals surface area contributed by atoms with Crippen LogP contribution in [0.1, 0.15) is 30.6 Å². The SMILES string of the molecule is CC[C@@H](C)N(C)c1nc2cc(C(=O)O)ccc2nc1-c1cc2cc(F)ccc2o1. The normalized spacial score (nSPS) is 12.4. The van der Waals surface area contributed by atoms with E-state index in [2.05, 4.69) is 13.8 Å². The zero-order valence-electron chi connectivity index (χ0n) is 16.3. The Bertz CT molecular complexity index is 1230. The van der Waals surface area contributed by atoms with Gasteiger partial charge in [-0.25, -0.2) is 19.2 Å². The van der Waals surface area contributed by atoms with Crippen molar-refractivity contribution in [2.75, 3.05) is 11.9 Å². The second-order valence-electron chi connectivity index (χ2n) is 7.07. The fourth-order valence-electron chi connectivity index (χ4n) is 3.20. The molecule has 0 radical (unpaired) electrons. The van der Waals surface area contributed by atoms with Crippen molar-refractivity contribution in [1.82, 2.24) is 9.97 Å². The van der Waals surface area contributed by atoms with E-state index < -0.39 is 5.97 Å². The molecule has 0 aliphatic heterocycles. The van der Waals surface area contributed by atoms with Crippen LogP contribution in [0.2, 0.25) is 0 Å². The minimum atomic E-state index is -1.02. The molecule has 29 heavy (non-hydrogen) atoms. The van der Waals surface area contributed by atoms with E-state index in [0.29, 0.717) is 39.3 Å². The third-order valence-electron chi connectivity index (χ3n) is 5.19. The number of nitrogens with zero attached hydrogens (tertiary/aromatic N) is 3. The number of halogens is 1. The van der Waals surface area contributed by atoms with Gasteiger partial charge >= 0.3 is 5.97 Å². The summed E-state index contributed by atoms with van der Waals surface area (Å²) < 4.78 is 19.5. The average molecular weight is 393 g/mol. The molecule has 0 fully saturated rings. The fourth-order valence-corrected chi connectivity index (χ4v) is 3.20. The Kier molecular flexibility index (Phi) is 4.66. The van der Waals surface area contributed by atoms with Gasteiger partial charge in [0.15, 0.2) is 11.6 Å². The molecule has 0 unspecified atom stereocenters. The minimum absolute atomic E-state index is 0.149. The number of hydrogen-bond acceptors (Lipinski definition) is 5. The Hall–Kier alpha value is -3.48. The Balaban J connectivity index is 1.96. The second-order valence-corrected chi connectivity index (χ2v) is 7.07. The van der Waals surface area contributed by atoms with E-state index in [-0.39, 0.29) is 17.4 Å². The summed E-state index contributed by atoms with van der Waals surface area (Å²) in [6.45, 7) is 4.14. The molecule has 7 heteroatoms. The third kappa shape index (κ3) is 3.40. The first-order chi connectivity index (χ1) is 13.9. The van der Waals surface area contributed by atoms with Gasteiger partial charge in [-0.1, -0.05) is 6.92 Å². The lowest BCUT2D eigenvalue weighted by atomic mass is 10.1. The summed E-state index contributed by atoms with van der Waals surface area (Å²) in [4.78, 5) is 22.8. The van der Waals surface area contributed by atoms with Crippen LogP contribution in [0.3, 0.4) is 0 Å². The highest BCUT2D eigenvalue weighted by Gasteiger charge is 2.21. The molecule has 1 atom stereocenters. The lowest BCUT2D eigenvalue weighted by Gasteiger charge is -2.26. The molecule has 2 aromatic carbocycles. The number of hydrogen-bond donors (Lipinski definition) is 1. The molecule has 148 valence electrons. The molecule has 2 aromatic heterocycles. The molecule has 0 aliphatic rings. The minimum Gasteiger partial charge on any atom is -0.478 e. The van der Waals surface area contributed by atoms with Crippen LogP contribution < -0.4 is 4.90 Å². The number of furan rings is 1. The lowest BCUT2D eigenvalue weighted by molar-refractivity contribution is 0.0697. The Morgan fingerprint density at radius 3 is 2.69 bits per heavy atom. The summed E-state index contributed by atoms with van der Waals surface area (Å²) in [7, 11) is 1.91. The number of fused-ring (bicyclic) bond motifs is 2. The van der Waals surface area contributed by atoms with Crippen molar-refractivity contribution in [1.29, 1.82) is 0 Å². The van der Waals surface area contributed by atoms with Crippen molar-refractivity contribution in [3.63, 3.8) is 0 Å². The molecule has 6 nitrogen and oxygen atoms in total. The first-order valence-corrected chi connectivity index (χ1v) is 9.34. The Morgan fingerprint density at radius 2 is 1.97 bits per heavy atom. The summed E-state index contributed by atoms with van der Waals surface area (Å²) >= 11 is 0. The van der Waals surface area contributed by atoms with E-state index >= 15 is 0 Å². The number of carboxylic acids is 1. The Morgan fingerprint density at radius 1 is 1.17 bits per heavy atom. The number of benzene rings is 2. The molecular weight excluding hydrogens is 373 g/mol. The topological polar surface area (TPSA) is 79.5 Å². The predicted octanol–water partition coefficient (Wildman–Crippen LogP) is 5.12. The van der Waals surface area contributed by atoms with Gasteiger partial charge in [0.25, 0.3) is 0 Å². The number of carboxylic acid groups (broad SMARTS) is 1. The highest BCUT2D eigenvalue weighted by atomic mass is 19.1. The van der Waals surface area contributed by atoms with E-state index in [4.69, 9.17) is 14.4 Å². The number of rotatable bonds is 5. The molecule has 1 N–H and O–H groups in total. The molecule has 2 heterocycles. The van der Waals surface area contributed by atoms with Crippen LogP contribution >= 0.6 is 0 Å². The lowest BCUT2D eigenvalue weighted by Crippen LogP contribution is -2.29. The molecule has 0 bridgehead atoms. The molecule has 0 saturated heterocycles. The van der Waals surface area contributed by atoms with Crippen molar-refractivity contribution >= 4 is 33.8 Å². The summed E-state index contributed by atoms with van der Waals surface area (Å²) in [5.74, 6) is -0.303. The van der Waals surface area contributed by atoms with E-state index in [9.17, 15) is 14.3 Å². The smallest absolute Gasteiger partial charge is 0.335 e. The maximum absolute atomic E-state index is 13.6. The van der Waals surface area contributed by atoms with Gasteiger partial charge in [0.1, 0.15) is 17.1 Å². The highest BCUT2D eigenvalue weighted by molar-refractivity contribution is 5.93. The van der Waals surface area contributed by atoms with E-state index in [1.165, 1.54) is 24.3 Å². The van der Waals surface area contributed by atoms with Crippen LogP contribution in [-0.4, -0.2) is 34.1 Å². The summed E-state index contributed by atoms with van der Waals surface area (Å²) in [6, 6.07) is 10.9. The molecule has 0 saturated carbocycles. The van der Waals surface area contributed by atoms with Gasteiger partial charge in [-0.3, -0.25) is 0 Å². The van der Waals surface area contributed by atoms with Gasteiger partial charge in [0, 0.05) is 18.5 Å². The molecule has 0 amide bonds. The molecular formula is C22H20FN3O3. The zero-order valence-corrected chi connectivity index (χ0v) is 16.3. The maximum atomic E-state index is 13.6. The largest absolute Gasteiger partial charge is 0.478 e. The average Bonchev–Trinajstić information content (AvgIpc) is 3.14. The van der Waals surface area contributed by atoms with E-state index in [1.807, 2.05) is 11.9 Å². The Labute approximate surface area is 166 Å². The van der Waals surface area contributed by atoms with Gasteiger partial charge < -0.3 is 14.4 Å². The zero-order chi connectivity index (χ0) is 20.7. The van der Waals surface area contributed by atoms with Gasteiger partial charge in [-0.05, 0) is 55.8 Å². The highest BCUT2D eigenvalue weighted by Crippen LogP contribution is 2.34. The number of carbonyl (C=O) groups is 1. The molecule has 4 aromatic rings. The van der Waals surface area contributed by atoms with Crippen molar-refractivity contribution in [3.8, 4) is 11.5 Å². The van der Waals surface area contributed by atoms with Crippen molar-refractivity contribution in [3.05, 3.63) is 53.8 Å². The number of aromatic carboxylic acids is 1. The van der Waals surface area contributed by atoms with E-state index in [1.54, 1.807) is 18.2 Å². The van der Waals surface area contributed by atoms with Crippen LogP contribution in [-0.2, 0) is 0 Å². The van der Waals surface area contributed by atoms with Crippen LogP contribution in [0.25, 0.3) is 33.5 Å². The molecule has 4 rings (SSSR count). The summed E-state index contributed by atoms with van der Waals surface area (Å²) in [5.41, 5.74) is 2.27. The second kappa shape index (κ2) is 7.16. The number of anilines is 1. The van der Waals surface area contributed by atoms with Crippen LogP contribution in [0.15, 0.2) is 46.9 Å². The van der Waals surface area contributed by atoms with Crippen molar-refractivity contribution < 1.29 is 18.7 Å². The summed E-state index contributed by atoms with van der Waals surface area (Å²) in [5, 5.41) is 9.92. The predicted molar refractivity (Wildman–Crippen MR) is 110 cm³/mol. The molecule has 0 aliphatic carbocycles. The molecule has 0 spiro atoms. The van der Waals surface area contributed by atoms with Gasteiger partial charge in [-0.15, -0.1) is 0 Å². The number of aromatic nitrogens is 2. The quantitative estimate of drug-likeness (QED) is 0.507. The monoisotopic (exact) mass is 393 g/mol. The van der Waals surface area contributed by atoms with Gasteiger partial charge in [0.05, 0.1) is 16.6 Å². The van der Waals surface area contributed by atoms with Crippen LogP contribution in [0.4, 0.5) is 10.2 Å².